The van der Waals surface area contributed by atoms with Crippen molar-refractivity contribution >= 4 is 11.3 Å². The molecule has 0 unspecified atom stereocenters. The first-order chi connectivity index (χ1) is 8.70. The highest BCUT2D eigenvalue weighted by molar-refractivity contribution is 7.07. The van der Waals surface area contributed by atoms with Crippen LogP contribution in [0.1, 0.15) is 18.4 Å². The molecule has 18 heavy (non-hydrogen) atoms. The molecule has 1 rings (SSSR count). The Morgan fingerprint density at radius 2 is 2.06 bits per heavy atom. The molecule has 0 bridgehead atoms. The summed E-state index contributed by atoms with van der Waals surface area (Å²) >= 11 is 1.67. The topological polar surface area (TPSA) is 82.0 Å². The van der Waals surface area contributed by atoms with E-state index in [1.54, 1.807) is 18.4 Å². The number of hydrogen-bond acceptors (Lipinski definition) is 6. The second-order valence-electron chi connectivity index (χ2n) is 3.29. The molecular weight excluding hydrogens is 254 g/mol. The zero-order valence-electron chi connectivity index (χ0n) is 11.3. The molecule has 1 heterocycles. The largest absolute Gasteiger partial charge is 0.400 e. The standard InChI is InChI=1S/C8H12O2S.C3H9NO.CH4O/c9-8(10)3-1-2-7-4-5-11-6-7;1-4-3-5-2;1-2/h4-6,8-10H,1-3H2;4H,3H2,1-2H3;2H,1H3. The van der Waals surface area contributed by atoms with Crippen LogP contribution in [-0.4, -0.2) is 49.6 Å². The first-order valence-electron chi connectivity index (χ1n) is 5.66. The van der Waals surface area contributed by atoms with E-state index in [0.717, 1.165) is 20.0 Å². The number of rotatable bonds is 6. The molecule has 0 fully saturated rings. The average Bonchev–Trinajstić information content (AvgIpc) is 2.86. The summed E-state index contributed by atoms with van der Waals surface area (Å²) in [5.74, 6) is 0. The lowest BCUT2D eigenvalue weighted by Gasteiger charge is -2.00. The van der Waals surface area contributed by atoms with Crippen LogP contribution in [0.25, 0.3) is 0 Å². The lowest BCUT2D eigenvalue weighted by Crippen LogP contribution is -2.08. The normalized spacial score (nSPS) is 9.28. The van der Waals surface area contributed by atoms with Crippen molar-refractivity contribution in [3.8, 4) is 0 Å². The van der Waals surface area contributed by atoms with Crippen molar-refractivity contribution in [1.29, 1.82) is 0 Å². The second kappa shape index (κ2) is 16.5. The Labute approximate surface area is 113 Å². The van der Waals surface area contributed by atoms with Gasteiger partial charge in [-0.05, 0) is 48.7 Å². The Morgan fingerprint density at radius 3 is 2.39 bits per heavy atom. The van der Waals surface area contributed by atoms with Crippen LogP contribution < -0.4 is 5.32 Å². The molecule has 0 spiro atoms. The van der Waals surface area contributed by atoms with Gasteiger partial charge in [-0.1, -0.05) is 0 Å². The minimum atomic E-state index is -1.14. The van der Waals surface area contributed by atoms with E-state index in [1.165, 1.54) is 5.56 Å². The Hall–Kier alpha value is -0.500. The van der Waals surface area contributed by atoms with Crippen molar-refractivity contribution in [3.05, 3.63) is 22.4 Å². The van der Waals surface area contributed by atoms with Gasteiger partial charge in [0.15, 0.2) is 6.29 Å². The number of hydrogen-bond donors (Lipinski definition) is 4. The van der Waals surface area contributed by atoms with Gasteiger partial charge in [0.25, 0.3) is 0 Å². The number of aliphatic hydroxyl groups excluding tert-OH is 2. The van der Waals surface area contributed by atoms with Crippen molar-refractivity contribution in [2.45, 2.75) is 25.6 Å². The van der Waals surface area contributed by atoms with E-state index in [9.17, 15) is 0 Å². The molecule has 0 saturated carbocycles. The molecule has 0 saturated heterocycles. The fraction of sp³-hybridized carbons (Fsp3) is 0.667. The van der Waals surface area contributed by atoms with Gasteiger partial charge in [-0.2, -0.15) is 11.3 Å². The molecule has 0 radical (unpaired) electrons. The molecule has 0 amide bonds. The molecule has 108 valence electrons. The van der Waals surface area contributed by atoms with Crippen molar-refractivity contribution in [2.75, 3.05) is 28.0 Å². The van der Waals surface area contributed by atoms with E-state index < -0.39 is 6.29 Å². The summed E-state index contributed by atoms with van der Waals surface area (Å²) in [6, 6.07) is 2.06. The van der Waals surface area contributed by atoms with E-state index in [4.69, 9.17) is 15.3 Å². The van der Waals surface area contributed by atoms with E-state index in [0.29, 0.717) is 13.2 Å². The van der Waals surface area contributed by atoms with Gasteiger partial charge in [0.2, 0.25) is 0 Å². The van der Waals surface area contributed by atoms with Crippen LogP contribution in [0.4, 0.5) is 0 Å². The molecular formula is C12H25NO4S. The van der Waals surface area contributed by atoms with Gasteiger partial charge < -0.3 is 20.1 Å². The molecule has 0 aliphatic carbocycles. The predicted molar refractivity (Wildman–Crippen MR) is 74.6 cm³/mol. The van der Waals surface area contributed by atoms with Crippen molar-refractivity contribution in [1.82, 2.24) is 5.32 Å². The maximum atomic E-state index is 8.54. The Kier molecular flexibility index (Phi) is 18.2. The van der Waals surface area contributed by atoms with Crippen LogP contribution in [0.3, 0.4) is 0 Å². The fourth-order valence-corrected chi connectivity index (χ4v) is 1.77. The van der Waals surface area contributed by atoms with E-state index in [1.807, 2.05) is 12.4 Å². The molecule has 1 aromatic rings. The van der Waals surface area contributed by atoms with Crippen LogP contribution in [0.2, 0.25) is 0 Å². The monoisotopic (exact) mass is 279 g/mol. The molecule has 0 aliphatic rings. The second-order valence-corrected chi connectivity index (χ2v) is 4.07. The third kappa shape index (κ3) is 15.5. The zero-order valence-corrected chi connectivity index (χ0v) is 12.1. The van der Waals surface area contributed by atoms with Crippen LogP contribution in [-0.2, 0) is 11.2 Å². The number of aliphatic hydroxyl groups is 3. The summed E-state index contributed by atoms with van der Waals surface area (Å²) in [5.41, 5.74) is 1.29. The predicted octanol–water partition coefficient (Wildman–Crippen LogP) is 0.800. The summed E-state index contributed by atoms with van der Waals surface area (Å²) < 4.78 is 4.58. The Balaban J connectivity index is 0. The van der Waals surface area contributed by atoms with Crippen molar-refractivity contribution in [3.63, 3.8) is 0 Å². The summed E-state index contributed by atoms with van der Waals surface area (Å²) in [6.45, 7) is 0.639. The van der Waals surface area contributed by atoms with Gasteiger partial charge in [0.05, 0.1) is 6.73 Å². The maximum Gasteiger partial charge on any atom is 0.151 e. The maximum absolute atomic E-state index is 8.54. The molecule has 0 aliphatic heterocycles. The lowest BCUT2D eigenvalue weighted by molar-refractivity contribution is -0.0461. The highest BCUT2D eigenvalue weighted by Gasteiger charge is 1.97. The Bertz CT molecular complexity index is 228. The highest BCUT2D eigenvalue weighted by Crippen LogP contribution is 2.09. The SMILES string of the molecule is CNCOC.CO.OC(O)CCCc1ccsc1. The quantitative estimate of drug-likeness (QED) is 0.579. The van der Waals surface area contributed by atoms with Gasteiger partial charge in [0.1, 0.15) is 0 Å². The van der Waals surface area contributed by atoms with Gasteiger partial charge >= 0.3 is 0 Å². The van der Waals surface area contributed by atoms with Gasteiger partial charge in [-0.25, -0.2) is 0 Å². The lowest BCUT2D eigenvalue weighted by atomic mass is 10.1. The van der Waals surface area contributed by atoms with Crippen LogP contribution in [0.15, 0.2) is 16.8 Å². The van der Waals surface area contributed by atoms with Crippen LogP contribution in [0.5, 0.6) is 0 Å². The first-order valence-corrected chi connectivity index (χ1v) is 6.60. The molecule has 0 aromatic carbocycles. The molecule has 1 aromatic heterocycles. The van der Waals surface area contributed by atoms with Crippen LogP contribution in [0, 0.1) is 0 Å². The van der Waals surface area contributed by atoms with E-state index >= 15 is 0 Å². The number of methoxy groups -OCH3 is 1. The summed E-state index contributed by atoms with van der Waals surface area (Å²) in [7, 11) is 4.49. The fourth-order valence-electron chi connectivity index (χ4n) is 1.07. The summed E-state index contributed by atoms with van der Waals surface area (Å²) in [6.07, 6.45) is 1.11. The molecule has 4 N–H and O–H groups in total. The van der Waals surface area contributed by atoms with Crippen molar-refractivity contribution in [2.24, 2.45) is 0 Å². The third-order valence-electron chi connectivity index (χ3n) is 1.80. The van der Waals surface area contributed by atoms with Gasteiger partial charge in [-0.15, -0.1) is 0 Å². The molecule has 0 atom stereocenters. The minimum absolute atomic E-state index is 0.468. The number of ether oxygens (including phenoxy) is 1. The number of nitrogens with one attached hydrogen (secondary N) is 1. The third-order valence-corrected chi connectivity index (χ3v) is 2.53. The zero-order chi connectivity index (χ0) is 14.2. The first kappa shape index (κ1) is 19.8. The molecule has 6 heteroatoms. The number of thiophene rings is 1. The Morgan fingerprint density at radius 1 is 1.39 bits per heavy atom. The van der Waals surface area contributed by atoms with E-state index in [2.05, 4.69) is 21.5 Å². The van der Waals surface area contributed by atoms with Gasteiger partial charge in [-0.3, -0.25) is 5.32 Å². The van der Waals surface area contributed by atoms with Crippen LogP contribution >= 0.6 is 11.3 Å². The molecule has 5 nitrogen and oxygen atoms in total. The highest BCUT2D eigenvalue weighted by atomic mass is 32.1. The van der Waals surface area contributed by atoms with Gasteiger partial charge in [0, 0.05) is 14.2 Å². The summed E-state index contributed by atoms with van der Waals surface area (Å²) in [5, 5.41) is 31.0. The summed E-state index contributed by atoms with van der Waals surface area (Å²) in [4.78, 5) is 0. The average molecular weight is 279 g/mol. The number of aryl methyl sites for hydroxylation is 1. The minimum Gasteiger partial charge on any atom is -0.400 e. The smallest absolute Gasteiger partial charge is 0.151 e. The van der Waals surface area contributed by atoms with Crippen molar-refractivity contribution < 1.29 is 20.1 Å². The van der Waals surface area contributed by atoms with E-state index in [-0.39, 0.29) is 0 Å².